The Balaban J connectivity index is 2.44. The van der Waals surface area contributed by atoms with Crippen molar-refractivity contribution in [2.75, 3.05) is 6.26 Å². The molecular weight excluding hydrogens is 174 g/mol. The first-order valence-corrected chi connectivity index (χ1v) is 5.89. The molecule has 0 aromatic carbocycles. The maximum absolute atomic E-state index is 4.32. The van der Waals surface area contributed by atoms with Gasteiger partial charge in [-0.05, 0) is 19.1 Å². The van der Waals surface area contributed by atoms with E-state index in [1.54, 1.807) is 11.8 Å². The molecule has 1 nitrogen and oxygen atoms in total. The Labute approximate surface area is 76.2 Å². The predicted octanol–water partition coefficient (Wildman–Crippen LogP) is 3.21. The van der Waals surface area contributed by atoms with Crippen molar-refractivity contribution < 1.29 is 0 Å². The summed E-state index contributed by atoms with van der Waals surface area (Å²) in [7, 11) is 0. The lowest BCUT2D eigenvalue weighted by molar-refractivity contribution is 0.790. The number of unbranched alkanes of at least 4 members (excludes halogenated alkanes) is 1. The number of hydrogen-bond acceptors (Lipinski definition) is 3. The van der Waals surface area contributed by atoms with Gasteiger partial charge < -0.3 is 0 Å². The molecule has 11 heavy (non-hydrogen) atoms. The van der Waals surface area contributed by atoms with E-state index < -0.39 is 0 Å². The molecule has 0 aliphatic heterocycles. The molecule has 0 saturated heterocycles. The third kappa shape index (κ3) is 2.83. The monoisotopic (exact) mass is 187 g/mol. The lowest BCUT2D eigenvalue weighted by atomic mass is 10.3. The number of aromatic nitrogens is 1. The average Bonchev–Trinajstić information content (AvgIpc) is 2.48. The second-order valence-corrected chi connectivity index (χ2v) is 4.60. The van der Waals surface area contributed by atoms with Gasteiger partial charge in [0.25, 0.3) is 0 Å². The Hall–Kier alpha value is -0.0200. The summed E-state index contributed by atoms with van der Waals surface area (Å²) >= 11 is 3.60. The van der Waals surface area contributed by atoms with Crippen molar-refractivity contribution in [3.8, 4) is 0 Å². The van der Waals surface area contributed by atoms with Crippen LogP contribution in [0.2, 0.25) is 0 Å². The van der Waals surface area contributed by atoms with Gasteiger partial charge in [-0.25, -0.2) is 4.98 Å². The lowest BCUT2D eigenvalue weighted by Crippen LogP contribution is -1.80. The van der Waals surface area contributed by atoms with Crippen molar-refractivity contribution in [3.05, 3.63) is 11.2 Å². The van der Waals surface area contributed by atoms with Crippen LogP contribution < -0.4 is 0 Å². The quantitative estimate of drug-likeness (QED) is 0.671. The molecule has 1 heterocycles. The smallest absolute Gasteiger partial charge is 0.0936 e. The van der Waals surface area contributed by atoms with Crippen molar-refractivity contribution >= 4 is 23.1 Å². The zero-order valence-corrected chi connectivity index (χ0v) is 8.60. The minimum Gasteiger partial charge on any atom is -0.248 e. The zero-order chi connectivity index (χ0) is 8.10. The molecule has 0 N–H and O–H groups in total. The van der Waals surface area contributed by atoms with E-state index >= 15 is 0 Å². The van der Waals surface area contributed by atoms with Gasteiger partial charge in [0, 0.05) is 0 Å². The molecule has 1 aromatic rings. The summed E-state index contributed by atoms with van der Waals surface area (Å²) in [5, 5.41) is 1.29. The van der Waals surface area contributed by atoms with Crippen molar-refractivity contribution in [2.45, 2.75) is 30.4 Å². The van der Waals surface area contributed by atoms with Crippen molar-refractivity contribution in [1.29, 1.82) is 0 Å². The molecular formula is C8H13NS2. The van der Waals surface area contributed by atoms with Crippen LogP contribution in [-0.2, 0) is 6.42 Å². The van der Waals surface area contributed by atoms with E-state index in [1.807, 2.05) is 17.5 Å². The van der Waals surface area contributed by atoms with Crippen LogP contribution in [0.4, 0.5) is 0 Å². The minimum atomic E-state index is 1.15. The second-order valence-electron chi connectivity index (χ2n) is 2.38. The fourth-order valence-corrected chi connectivity index (χ4v) is 2.30. The van der Waals surface area contributed by atoms with Crippen LogP contribution in [0.25, 0.3) is 0 Å². The van der Waals surface area contributed by atoms with Gasteiger partial charge in [-0.3, -0.25) is 0 Å². The van der Waals surface area contributed by atoms with Crippen LogP contribution in [0.5, 0.6) is 0 Å². The summed E-state index contributed by atoms with van der Waals surface area (Å²) in [6.07, 6.45) is 7.74. The first-order valence-electron chi connectivity index (χ1n) is 3.85. The van der Waals surface area contributed by atoms with Gasteiger partial charge in [0.05, 0.1) is 15.4 Å². The molecule has 0 bridgehead atoms. The molecule has 1 rings (SSSR count). The maximum Gasteiger partial charge on any atom is 0.0936 e. The second kappa shape index (κ2) is 4.78. The molecule has 1 aromatic heterocycles. The Morgan fingerprint density at radius 1 is 1.64 bits per heavy atom. The summed E-state index contributed by atoms with van der Waals surface area (Å²) in [6, 6.07) is 0. The van der Waals surface area contributed by atoms with E-state index in [9.17, 15) is 0 Å². The number of rotatable bonds is 4. The maximum atomic E-state index is 4.32. The number of aryl methyl sites for hydroxylation is 1. The van der Waals surface area contributed by atoms with Crippen molar-refractivity contribution in [1.82, 2.24) is 4.98 Å². The summed E-state index contributed by atoms with van der Waals surface area (Å²) in [4.78, 5) is 4.32. The van der Waals surface area contributed by atoms with Crippen LogP contribution in [0.15, 0.2) is 10.4 Å². The molecule has 0 atom stereocenters. The number of thiazole rings is 1. The van der Waals surface area contributed by atoms with Gasteiger partial charge in [-0.1, -0.05) is 13.3 Å². The molecule has 0 fully saturated rings. The van der Waals surface area contributed by atoms with E-state index in [2.05, 4.69) is 18.2 Å². The molecule has 0 amide bonds. The highest BCUT2D eigenvalue weighted by Gasteiger charge is 1.98. The lowest BCUT2D eigenvalue weighted by Gasteiger charge is -1.89. The van der Waals surface area contributed by atoms with E-state index in [-0.39, 0.29) is 0 Å². The molecule has 0 aliphatic carbocycles. The minimum absolute atomic E-state index is 1.15. The Morgan fingerprint density at radius 2 is 2.45 bits per heavy atom. The van der Waals surface area contributed by atoms with Crippen LogP contribution in [0.3, 0.4) is 0 Å². The summed E-state index contributed by atoms with van der Waals surface area (Å²) in [5.41, 5.74) is 0. The Bertz CT molecular complexity index is 208. The van der Waals surface area contributed by atoms with E-state index in [4.69, 9.17) is 0 Å². The highest BCUT2D eigenvalue weighted by molar-refractivity contribution is 8.00. The molecule has 0 saturated carbocycles. The summed E-state index contributed by atoms with van der Waals surface area (Å²) in [6.45, 7) is 2.21. The number of nitrogens with zero attached hydrogens (tertiary/aromatic N) is 1. The Morgan fingerprint density at radius 3 is 3.00 bits per heavy atom. The predicted molar refractivity (Wildman–Crippen MR) is 52.5 cm³/mol. The van der Waals surface area contributed by atoms with Crippen molar-refractivity contribution in [3.63, 3.8) is 0 Å². The first kappa shape index (κ1) is 9.07. The van der Waals surface area contributed by atoms with E-state index in [0.717, 1.165) is 6.42 Å². The van der Waals surface area contributed by atoms with E-state index in [1.165, 1.54) is 22.1 Å². The standard InChI is InChI=1S/C8H13NS2/c1-3-4-5-7-9-6-8(10-2)11-7/h6H,3-5H2,1-2H3. The molecule has 0 aliphatic rings. The first-order chi connectivity index (χ1) is 5.36. The molecule has 0 spiro atoms. The summed E-state index contributed by atoms with van der Waals surface area (Å²) in [5.74, 6) is 0. The molecule has 3 heteroatoms. The fourth-order valence-electron chi connectivity index (χ4n) is 0.831. The van der Waals surface area contributed by atoms with Crippen LogP contribution in [-0.4, -0.2) is 11.2 Å². The van der Waals surface area contributed by atoms with Crippen LogP contribution >= 0.6 is 23.1 Å². The van der Waals surface area contributed by atoms with Crippen LogP contribution in [0, 0.1) is 0 Å². The van der Waals surface area contributed by atoms with Gasteiger partial charge in [0.1, 0.15) is 0 Å². The van der Waals surface area contributed by atoms with Gasteiger partial charge in [0.2, 0.25) is 0 Å². The van der Waals surface area contributed by atoms with Gasteiger partial charge >= 0.3 is 0 Å². The molecule has 62 valence electrons. The van der Waals surface area contributed by atoms with Gasteiger partial charge in [-0.15, -0.1) is 23.1 Å². The molecule has 0 radical (unpaired) electrons. The summed E-state index contributed by atoms with van der Waals surface area (Å²) < 4.78 is 1.33. The van der Waals surface area contributed by atoms with Crippen LogP contribution in [0.1, 0.15) is 24.8 Å². The highest BCUT2D eigenvalue weighted by atomic mass is 32.2. The van der Waals surface area contributed by atoms with Gasteiger partial charge in [-0.2, -0.15) is 0 Å². The highest BCUT2D eigenvalue weighted by Crippen LogP contribution is 2.23. The number of hydrogen-bond donors (Lipinski definition) is 0. The van der Waals surface area contributed by atoms with Crippen molar-refractivity contribution in [2.24, 2.45) is 0 Å². The molecule has 0 unspecified atom stereocenters. The van der Waals surface area contributed by atoms with Gasteiger partial charge in [0.15, 0.2) is 0 Å². The SMILES string of the molecule is CCCCc1ncc(SC)s1. The Kier molecular flexibility index (Phi) is 3.94. The largest absolute Gasteiger partial charge is 0.248 e. The zero-order valence-electron chi connectivity index (χ0n) is 6.96. The topological polar surface area (TPSA) is 12.9 Å². The van der Waals surface area contributed by atoms with E-state index in [0.29, 0.717) is 0 Å². The average molecular weight is 187 g/mol. The third-order valence-electron chi connectivity index (χ3n) is 1.48. The normalized spacial score (nSPS) is 10.4. The third-order valence-corrected chi connectivity index (χ3v) is 3.59. The fraction of sp³-hybridized carbons (Fsp3) is 0.625. The number of thioether (sulfide) groups is 1.